The number of aryl methyl sites for hydroxylation is 2. The Hall–Kier alpha value is -1.12. The second kappa shape index (κ2) is 5.01. The van der Waals surface area contributed by atoms with Crippen LogP contribution < -0.4 is 5.73 Å². The summed E-state index contributed by atoms with van der Waals surface area (Å²) in [6.07, 6.45) is 0. The number of benzene rings is 1. The summed E-state index contributed by atoms with van der Waals surface area (Å²) in [5.41, 5.74) is 7.37. The van der Waals surface area contributed by atoms with Gasteiger partial charge in [-0.1, -0.05) is 0 Å². The maximum absolute atomic E-state index is 12.6. The van der Waals surface area contributed by atoms with E-state index in [0.29, 0.717) is 16.8 Å². The highest BCUT2D eigenvalue weighted by atomic mass is 32.2. The van der Waals surface area contributed by atoms with Crippen molar-refractivity contribution in [2.45, 2.75) is 18.7 Å². The van der Waals surface area contributed by atoms with Crippen LogP contribution in [0, 0.1) is 13.8 Å². The third kappa shape index (κ3) is 2.82. The summed E-state index contributed by atoms with van der Waals surface area (Å²) < 4.78 is 49.3. The van der Waals surface area contributed by atoms with Gasteiger partial charge in [-0.3, -0.25) is 0 Å². The zero-order valence-corrected chi connectivity index (χ0v) is 13.1. The van der Waals surface area contributed by atoms with Crippen molar-refractivity contribution < 1.29 is 16.8 Å². The van der Waals surface area contributed by atoms with E-state index in [0.717, 1.165) is 0 Å². The quantitative estimate of drug-likeness (QED) is 0.791. The fourth-order valence-electron chi connectivity index (χ4n) is 2.46. The number of sulfonamides is 1. The van der Waals surface area contributed by atoms with Crippen LogP contribution in [-0.4, -0.2) is 45.7 Å². The Kier molecular flexibility index (Phi) is 3.83. The maximum atomic E-state index is 12.6. The first-order chi connectivity index (χ1) is 9.13. The lowest BCUT2D eigenvalue weighted by molar-refractivity contribution is 0.430. The van der Waals surface area contributed by atoms with Gasteiger partial charge in [0.05, 0.1) is 16.4 Å². The molecule has 0 saturated carbocycles. The summed E-state index contributed by atoms with van der Waals surface area (Å²) in [6, 6.07) is 3.22. The number of hydrogen-bond acceptors (Lipinski definition) is 5. The highest BCUT2D eigenvalue weighted by molar-refractivity contribution is 7.92. The summed E-state index contributed by atoms with van der Waals surface area (Å²) in [6.45, 7) is 3.40. The molecule has 0 aromatic heterocycles. The van der Waals surface area contributed by atoms with E-state index in [4.69, 9.17) is 5.73 Å². The van der Waals surface area contributed by atoms with Crippen LogP contribution in [0.4, 0.5) is 5.69 Å². The zero-order valence-electron chi connectivity index (χ0n) is 11.5. The van der Waals surface area contributed by atoms with Gasteiger partial charge in [0.2, 0.25) is 10.0 Å². The van der Waals surface area contributed by atoms with Gasteiger partial charge in [-0.05, 0) is 37.1 Å². The minimum absolute atomic E-state index is 0.00786. The third-order valence-corrected chi connectivity index (χ3v) is 7.20. The molecule has 2 N–H and O–H groups in total. The molecule has 1 aliphatic heterocycles. The van der Waals surface area contributed by atoms with E-state index in [1.807, 2.05) is 0 Å². The van der Waals surface area contributed by atoms with Crippen molar-refractivity contribution in [1.29, 1.82) is 0 Å². The van der Waals surface area contributed by atoms with Gasteiger partial charge in [-0.2, -0.15) is 4.31 Å². The first-order valence-corrected chi connectivity index (χ1v) is 9.47. The molecule has 0 atom stereocenters. The largest absolute Gasteiger partial charge is 0.399 e. The van der Waals surface area contributed by atoms with E-state index in [1.165, 1.54) is 4.31 Å². The topological polar surface area (TPSA) is 97.5 Å². The highest BCUT2D eigenvalue weighted by Crippen LogP contribution is 2.27. The average molecular weight is 318 g/mol. The Bertz CT molecular complexity index is 702. The average Bonchev–Trinajstić information content (AvgIpc) is 2.26. The lowest BCUT2D eigenvalue weighted by Gasteiger charge is -2.27. The molecule has 6 nitrogen and oxygen atoms in total. The first-order valence-electron chi connectivity index (χ1n) is 6.21. The fraction of sp³-hybridized carbons (Fsp3) is 0.500. The Labute approximate surface area is 119 Å². The van der Waals surface area contributed by atoms with E-state index >= 15 is 0 Å². The van der Waals surface area contributed by atoms with Crippen molar-refractivity contribution in [2.24, 2.45) is 0 Å². The van der Waals surface area contributed by atoms with Crippen LogP contribution in [0.15, 0.2) is 17.0 Å². The zero-order chi connectivity index (χ0) is 15.1. The monoisotopic (exact) mass is 318 g/mol. The molecule has 2 rings (SSSR count). The highest BCUT2D eigenvalue weighted by Gasteiger charge is 2.32. The number of sulfone groups is 1. The summed E-state index contributed by atoms with van der Waals surface area (Å²) in [7, 11) is -6.79. The number of nitrogen functional groups attached to an aromatic ring is 1. The molecule has 1 aromatic rings. The van der Waals surface area contributed by atoms with Crippen molar-refractivity contribution in [3.63, 3.8) is 0 Å². The van der Waals surface area contributed by atoms with Gasteiger partial charge in [0.1, 0.15) is 0 Å². The minimum Gasteiger partial charge on any atom is -0.399 e. The molecule has 0 aliphatic carbocycles. The molecule has 1 aromatic carbocycles. The molecular formula is C12H18N2O4S2. The summed E-state index contributed by atoms with van der Waals surface area (Å²) in [4.78, 5) is 0.228. The molecule has 1 fully saturated rings. The predicted molar refractivity (Wildman–Crippen MR) is 77.7 cm³/mol. The van der Waals surface area contributed by atoms with E-state index in [1.54, 1.807) is 26.0 Å². The second-order valence-electron chi connectivity index (χ2n) is 5.04. The maximum Gasteiger partial charge on any atom is 0.243 e. The molecule has 0 bridgehead atoms. The van der Waals surface area contributed by atoms with Crippen LogP contribution in [0.5, 0.6) is 0 Å². The van der Waals surface area contributed by atoms with Crippen LogP contribution in [-0.2, 0) is 19.9 Å². The SMILES string of the molecule is Cc1cc(N)cc(C)c1S(=O)(=O)N1CCS(=O)(=O)CC1. The van der Waals surface area contributed by atoms with Gasteiger partial charge >= 0.3 is 0 Å². The lowest BCUT2D eigenvalue weighted by Crippen LogP contribution is -2.44. The molecule has 0 amide bonds. The van der Waals surface area contributed by atoms with Gasteiger partial charge in [0, 0.05) is 18.8 Å². The van der Waals surface area contributed by atoms with Crippen LogP contribution >= 0.6 is 0 Å². The summed E-state index contributed by atoms with van der Waals surface area (Å²) >= 11 is 0. The van der Waals surface area contributed by atoms with Gasteiger partial charge in [-0.15, -0.1) is 0 Å². The molecule has 1 heterocycles. The second-order valence-corrected chi connectivity index (χ2v) is 9.22. The van der Waals surface area contributed by atoms with Crippen LogP contribution in [0.1, 0.15) is 11.1 Å². The number of anilines is 1. The van der Waals surface area contributed by atoms with E-state index in [-0.39, 0.29) is 29.5 Å². The van der Waals surface area contributed by atoms with Crippen LogP contribution in [0.25, 0.3) is 0 Å². The number of rotatable bonds is 2. The molecule has 20 heavy (non-hydrogen) atoms. The molecule has 0 spiro atoms. The van der Waals surface area contributed by atoms with Crippen molar-refractivity contribution in [2.75, 3.05) is 30.3 Å². The van der Waals surface area contributed by atoms with Crippen molar-refractivity contribution in [3.05, 3.63) is 23.3 Å². The van der Waals surface area contributed by atoms with Crippen molar-refractivity contribution in [3.8, 4) is 0 Å². The van der Waals surface area contributed by atoms with Gasteiger partial charge in [0.15, 0.2) is 9.84 Å². The first kappa shape index (κ1) is 15.3. The Morgan fingerprint density at radius 1 is 1.10 bits per heavy atom. The molecule has 8 heteroatoms. The van der Waals surface area contributed by atoms with Gasteiger partial charge in [0.25, 0.3) is 0 Å². The number of nitrogens with zero attached hydrogens (tertiary/aromatic N) is 1. The van der Waals surface area contributed by atoms with Crippen LogP contribution in [0.2, 0.25) is 0 Å². The number of nitrogens with two attached hydrogens (primary N) is 1. The van der Waals surface area contributed by atoms with E-state index in [9.17, 15) is 16.8 Å². The molecule has 1 saturated heterocycles. The van der Waals surface area contributed by atoms with Crippen LogP contribution in [0.3, 0.4) is 0 Å². The van der Waals surface area contributed by atoms with Crippen molar-refractivity contribution in [1.82, 2.24) is 4.31 Å². The Balaban J connectivity index is 2.42. The lowest BCUT2D eigenvalue weighted by atomic mass is 10.1. The van der Waals surface area contributed by atoms with Crippen molar-refractivity contribution >= 4 is 25.5 Å². The van der Waals surface area contributed by atoms with E-state index < -0.39 is 19.9 Å². The molecule has 112 valence electrons. The molecule has 1 aliphatic rings. The van der Waals surface area contributed by atoms with Gasteiger partial charge in [-0.25, -0.2) is 16.8 Å². The van der Waals surface area contributed by atoms with E-state index in [2.05, 4.69) is 0 Å². The fourth-order valence-corrected chi connectivity index (χ4v) is 5.74. The third-order valence-electron chi connectivity index (χ3n) is 3.38. The predicted octanol–water partition coefficient (Wildman–Crippen LogP) is 0.305. The molecular weight excluding hydrogens is 300 g/mol. The Morgan fingerprint density at radius 2 is 1.55 bits per heavy atom. The normalized spacial score (nSPS) is 19.9. The molecule has 0 radical (unpaired) electrons. The summed E-state index contributed by atoms with van der Waals surface area (Å²) in [5, 5.41) is 0. The minimum atomic E-state index is -3.68. The number of hydrogen-bond donors (Lipinski definition) is 1. The summed E-state index contributed by atoms with van der Waals surface area (Å²) in [5.74, 6) is -0.251. The van der Waals surface area contributed by atoms with Gasteiger partial charge < -0.3 is 5.73 Å². The molecule has 0 unspecified atom stereocenters. The Morgan fingerprint density at radius 3 is 2.00 bits per heavy atom. The smallest absolute Gasteiger partial charge is 0.243 e. The standard InChI is InChI=1S/C12H18N2O4S2/c1-9-7-11(13)8-10(2)12(9)20(17,18)14-3-5-19(15,16)6-4-14/h7-8H,3-6,13H2,1-2H3.